The lowest BCUT2D eigenvalue weighted by molar-refractivity contribution is -0.302. The van der Waals surface area contributed by atoms with Gasteiger partial charge in [-0.15, -0.1) is 0 Å². The number of amides is 1. The van der Waals surface area contributed by atoms with Crippen LogP contribution in [-0.2, 0) is 23.8 Å². The van der Waals surface area contributed by atoms with E-state index in [0.29, 0.717) is 19.4 Å². The van der Waals surface area contributed by atoms with Crippen molar-refractivity contribution in [2.75, 3.05) is 19.8 Å². The van der Waals surface area contributed by atoms with E-state index < -0.39 is 49.5 Å². The van der Waals surface area contributed by atoms with E-state index in [1.165, 1.54) is 270 Å². The van der Waals surface area contributed by atoms with Crippen molar-refractivity contribution < 1.29 is 49.3 Å². The van der Waals surface area contributed by atoms with Gasteiger partial charge < -0.3 is 45.1 Å². The summed E-state index contributed by atoms with van der Waals surface area (Å²) in [5.74, 6) is -0.175. The summed E-state index contributed by atoms with van der Waals surface area (Å²) in [5.41, 5.74) is 0. The number of hydrogen-bond acceptors (Lipinski definition) is 10. The highest BCUT2D eigenvalue weighted by molar-refractivity contribution is 5.76. The fraction of sp³-hybridized carbons (Fsp3) is 0.915. The molecule has 82 heavy (non-hydrogen) atoms. The van der Waals surface area contributed by atoms with Crippen LogP contribution in [0.5, 0.6) is 0 Å². The molecule has 0 saturated carbocycles. The number of rotatable bonds is 63. The molecule has 1 aliphatic rings. The van der Waals surface area contributed by atoms with Crippen LogP contribution >= 0.6 is 0 Å². The van der Waals surface area contributed by atoms with Crippen LogP contribution in [0.25, 0.3) is 0 Å². The third-order valence-electron chi connectivity index (χ3n) is 17.1. The summed E-state index contributed by atoms with van der Waals surface area (Å²) < 4.78 is 16.7. The van der Waals surface area contributed by atoms with Gasteiger partial charge in [-0.2, -0.15) is 0 Å². The maximum atomic E-state index is 13.0. The number of aliphatic hydroxyl groups is 5. The summed E-state index contributed by atoms with van der Waals surface area (Å²) in [4.78, 5) is 25.1. The standard InChI is InChI=1S/C71H135NO10/c1-3-5-7-9-11-13-14-15-16-33-36-39-43-47-51-55-59-67(76)80-60-56-52-48-44-40-37-34-31-29-27-25-23-21-19-17-18-20-22-24-26-28-30-32-35-38-42-46-50-54-58-66(75)72-63(64(74)57-53-49-45-41-12-10-8-6-4-2)62-81-71-70(79)69(78)68(77)65(61-73)82-71/h16,33,53,57,63-65,68-71,73-74,77-79H,3-15,17-32,34-52,54-56,58-62H2,1-2H3,(H,72,75)/b33-16-,57-53+. The largest absolute Gasteiger partial charge is 0.466 e. The topological polar surface area (TPSA) is 175 Å². The van der Waals surface area contributed by atoms with Gasteiger partial charge in [0.15, 0.2) is 6.29 Å². The third-order valence-corrected chi connectivity index (χ3v) is 17.1. The van der Waals surface area contributed by atoms with Crippen molar-refractivity contribution in [2.24, 2.45) is 0 Å². The van der Waals surface area contributed by atoms with Gasteiger partial charge in [-0.3, -0.25) is 9.59 Å². The lowest BCUT2D eigenvalue weighted by atomic mass is 9.99. The maximum absolute atomic E-state index is 13.0. The molecule has 1 rings (SSSR count). The van der Waals surface area contributed by atoms with Crippen molar-refractivity contribution in [2.45, 2.75) is 397 Å². The summed E-state index contributed by atoms with van der Waals surface area (Å²) in [6.45, 7) is 4.35. The van der Waals surface area contributed by atoms with Gasteiger partial charge in [0.05, 0.1) is 32.0 Å². The van der Waals surface area contributed by atoms with Gasteiger partial charge in [0, 0.05) is 12.8 Å². The van der Waals surface area contributed by atoms with E-state index in [9.17, 15) is 35.1 Å². The predicted molar refractivity (Wildman–Crippen MR) is 343 cm³/mol. The number of esters is 1. The molecule has 0 bridgehead atoms. The fourth-order valence-electron chi connectivity index (χ4n) is 11.4. The normalized spacial score (nSPS) is 18.3. The second-order valence-corrected chi connectivity index (χ2v) is 24.9. The molecule has 0 spiro atoms. The first kappa shape index (κ1) is 78.2. The highest BCUT2D eigenvalue weighted by Gasteiger charge is 2.44. The van der Waals surface area contributed by atoms with Crippen LogP contribution in [0.1, 0.15) is 354 Å². The number of aliphatic hydroxyl groups excluding tert-OH is 5. The Morgan fingerprint density at radius 3 is 1.17 bits per heavy atom. The first-order chi connectivity index (χ1) is 40.2. The molecule has 11 nitrogen and oxygen atoms in total. The van der Waals surface area contributed by atoms with E-state index in [2.05, 4.69) is 31.3 Å². The quantitative estimate of drug-likeness (QED) is 0.0195. The minimum absolute atomic E-state index is 0.00391. The fourth-order valence-corrected chi connectivity index (χ4v) is 11.4. The van der Waals surface area contributed by atoms with Gasteiger partial charge in [0.2, 0.25) is 5.91 Å². The molecule has 0 aromatic rings. The molecule has 1 aliphatic heterocycles. The Kier molecular flexibility index (Phi) is 58.0. The Morgan fingerprint density at radius 1 is 0.439 bits per heavy atom. The first-order valence-electron chi connectivity index (χ1n) is 35.6. The molecule has 1 saturated heterocycles. The van der Waals surface area contributed by atoms with Gasteiger partial charge in [0.25, 0.3) is 0 Å². The van der Waals surface area contributed by atoms with Crippen molar-refractivity contribution in [3.63, 3.8) is 0 Å². The Balaban J connectivity index is 1.89. The van der Waals surface area contributed by atoms with Crippen molar-refractivity contribution in [1.82, 2.24) is 5.32 Å². The molecule has 1 amide bonds. The van der Waals surface area contributed by atoms with E-state index >= 15 is 0 Å². The molecular weight excluding hydrogens is 1030 g/mol. The summed E-state index contributed by atoms with van der Waals surface area (Å²) in [6, 6.07) is -0.805. The van der Waals surface area contributed by atoms with Gasteiger partial charge >= 0.3 is 5.97 Å². The SMILES string of the molecule is CCCCCCCCC/C=C\CCCCCCCC(=O)OCCCCCCCCCCCCCCCCCCCCCCCCCCCCCCCC(=O)NC(COC1OC(CO)C(O)C(O)C1O)C(O)/C=C/CCCCCCCCC. The monoisotopic (exact) mass is 1160 g/mol. The maximum Gasteiger partial charge on any atom is 0.305 e. The smallest absolute Gasteiger partial charge is 0.305 e. The second-order valence-electron chi connectivity index (χ2n) is 24.9. The zero-order chi connectivity index (χ0) is 59.5. The minimum atomic E-state index is -1.57. The molecule has 484 valence electrons. The number of carbonyl (C=O) groups is 2. The van der Waals surface area contributed by atoms with E-state index in [0.717, 1.165) is 57.8 Å². The molecule has 0 aliphatic carbocycles. The Bertz CT molecular complexity index is 1410. The van der Waals surface area contributed by atoms with Crippen LogP contribution < -0.4 is 5.32 Å². The molecule has 0 aromatic heterocycles. The zero-order valence-corrected chi connectivity index (χ0v) is 53.7. The van der Waals surface area contributed by atoms with Crippen LogP contribution in [0.15, 0.2) is 24.3 Å². The number of carbonyl (C=O) groups excluding carboxylic acids is 2. The molecule has 0 aromatic carbocycles. The van der Waals surface area contributed by atoms with E-state index in [4.69, 9.17) is 14.2 Å². The summed E-state index contributed by atoms with van der Waals surface area (Å²) in [5, 5.41) is 54.3. The Morgan fingerprint density at radius 2 is 0.780 bits per heavy atom. The van der Waals surface area contributed by atoms with Gasteiger partial charge in [-0.25, -0.2) is 0 Å². The Hall–Kier alpha value is -1.86. The Labute approximate surface area is 505 Å². The first-order valence-corrected chi connectivity index (χ1v) is 35.6. The average Bonchev–Trinajstić information content (AvgIpc) is 3.64. The number of ether oxygens (including phenoxy) is 3. The lowest BCUT2D eigenvalue weighted by Crippen LogP contribution is -2.60. The summed E-state index contributed by atoms with van der Waals surface area (Å²) in [6.07, 6.45) is 66.2. The van der Waals surface area contributed by atoms with E-state index in [1.807, 2.05) is 6.08 Å². The lowest BCUT2D eigenvalue weighted by Gasteiger charge is -2.40. The molecule has 1 fully saturated rings. The zero-order valence-electron chi connectivity index (χ0n) is 53.7. The van der Waals surface area contributed by atoms with Crippen molar-refractivity contribution in [3.8, 4) is 0 Å². The number of hydrogen-bond donors (Lipinski definition) is 6. The van der Waals surface area contributed by atoms with Crippen LogP contribution in [0, 0.1) is 0 Å². The number of nitrogens with one attached hydrogen (secondary N) is 1. The van der Waals surface area contributed by atoms with Crippen molar-refractivity contribution in [1.29, 1.82) is 0 Å². The molecule has 1 heterocycles. The summed E-state index contributed by atoms with van der Waals surface area (Å²) in [7, 11) is 0. The van der Waals surface area contributed by atoms with Crippen LogP contribution in [0.3, 0.4) is 0 Å². The molecule has 7 atom stereocenters. The van der Waals surface area contributed by atoms with Crippen molar-refractivity contribution >= 4 is 11.9 Å². The predicted octanol–water partition coefficient (Wildman–Crippen LogP) is 18.0. The molecule has 7 unspecified atom stereocenters. The van der Waals surface area contributed by atoms with Gasteiger partial charge in [0.1, 0.15) is 24.4 Å². The average molecular weight is 1160 g/mol. The summed E-state index contributed by atoms with van der Waals surface area (Å²) >= 11 is 0. The van der Waals surface area contributed by atoms with Crippen LogP contribution in [-0.4, -0.2) is 100 Å². The van der Waals surface area contributed by atoms with Crippen LogP contribution in [0.4, 0.5) is 0 Å². The highest BCUT2D eigenvalue weighted by atomic mass is 16.7. The highest BCUT2D eigenvalue weighted by Crippen LogP contribution is 2.23. The minimum Gasteiger partial charge on any atom is -0.466 e. The number of allylic oxidation sites excluding steroid dienone is 3. The number of unbranched alkanes of at least 4 members (excludes halogenated alkanes) is 47. The third kappa shape index (κ3) is 49.3. The van der Waals surface area contributed by atoms with E-state index in [-0.39, 0.29) is 18.5 Å². The molecule has 6 N–H and O–H groups in total. The van der Waals surface area contributed by atoms with Gasteiger partial charge in [-0.1, -0.05) is 308 Å². The van der Waals surface area contributed by atoms with E-state index in [1.54, 1.807) is 6.08 Å². The van der Waals surface area contributed by atoms with Crippen LogP contribution in [0.2, 0.25) is 0 Å². The molecule has 0 radical (unpaired) electrons. The second kappa shape index (κ2) is 60.8. The molecular formula is C71H135NO10. The van der Waals surface area contributed by atoms with Gasteiger partial charge in [-0.05, 0) is 57.8 Å². The molecule has 11 heteroatoms. The van der Waals surface area contributed by atoms with Crippen molar-refractivity contribution in [3.05, 3.63) is 24.3 Å².